The fourth-order valence-corrected chi connectivity index (χ4v) is 1.91. The molecule has 0 saturated carbocycles. The van der Waals surface area contributed by atoms with Crippen molar-refractivity contribution >= 4 is 17.4 Å². The highest BCUT2D eigenvalue weighted by Gasteiger charge is 2.12. The van der Waals surface area contributed by atoms with Gasteiger partial charge in [0.1, 0.15) is 5.82 Å². The van der Waals surface area contributed by atoms with Gasteiger partial charge in [0.05, 0.1) is 11.9 Å². The molecule has 5 heteroatoms. The summed E-state index contributed by atoms with van der Waals surface area (Å²) in [5.74, 6) is 0.898. The predicted octanol–water partition coefficient (Wildman–Crippen LogP) is 2.11. The van der Waals surface area contributed by atoms with E-state index in [0.717, 1.165) is 31.1 Å². The first-order valence-electron chi connectivity index (χ1n) is 7.34. The van der Waals surface area contributed by atoms with E-state index >= 15 is 0 Å². The van der Waals surface area contributed by atoms with E-state index in [4.69, 9.17) is 0 Å². The van der Waals surface area contributed by atoms with Gasteiger partial charge in [-0.25, -0.2) is 4.98 Å². The summed E-state index contributed by atoms with van der Waals surface area (Å²) >= 11 is 0. The second-order valence-corrected chi connectivity index (χ2v) is 4.78. The molecule has 1 unspecified atom stereocenters. The maximum Gasteiger partial charge on any atom is 0.228 e. The molecule has 0 spiro atoms. The van der Waals surface area contributed by atoms with Crippen LogP contribution in [0.5, 0.6) is 0 Å². The van der Waals surface area contributed by atoms with Crippen LogP contribution in [0.2, 0.25) is 0 Å². The second kappa shape index (κ2) is 8.53. The lowest BCUT2D eigenvalue weighted by Crippen LogP contribution is -2.30. The Balaban J connectivity index is 2.58. The quantitative estimate of drug-likeness (QED) is 0.764. The van der Waals surface area contributed by atoms with Crippen LogP contribution in [0.15, 0.2) is 18.3 Å². The maximum atomic E-state index is 12.0. The first kappa shape index (κ1) is 16.4. The summed E-state index contributed by atoms with van der Waals surface area (Å²) in [6.07, 6.45) is 1.71. The van der Waals surface area contributed by atoms with E-state index in [-0.39, 0.29) is 11.8 Å². The van der Waals surface area contributed by atoms with Crippen molar-refractivity contribution in [3.63, 3.8) is 0 Å². The topological polar surface area (TPSA) is 57.3 Å². The Labute approximate surface area is 121 Å². The third kappa shape index (κ3) is 4.81. The molecular formula is C15H26N4O. The molecule has 0 aliphatic heterocycles. The van der Waals surface area contributed by atoms with Crippen molar-refractivity contribution in [2.75, 3.05) is 36.4 Å². The molecule has 112 valence electrons. The SMILES string of the molecule is CCNCC(C)C(=O)Nc1ccc(N(CC)CC)nc1. The Morgan fingerprint density at radius 1 is 1.30 bits per heavy atom. The fourth-order valence-electron chi connectivity index (χ4n) is 1.91. The minimum Gasteiger partial charge on any atom is -0.357 e. The predicted molar refractivity (Wildman–Crippen MR) is 84.1 cm³/mol. The minimum absolute atomic E-state index is 0.0170. The molecule has 1 amide bonds. The highest BCUT2D eigenvalue weighted by molar-refractivity contribution is 5.92. The van der Waals surface area contributed by atoms with E-state index in [1.54, 1.807) is 6.20 Å². The average Bonchev–Trinajstić information content (AvgIpc) is 2.47. The summed E-state index contributed by atoms with van der Waals surface area (Å²) in [6, 6.07) is 3.84. The molecule has 0 aliphatic rings. The standard InChI is InChI=1S/C15H26N4O/c1-5-16-10-12(4)15(20)18-13-8-9-14(17-11-13)19(6-2)7-3/h8-9,11-12,16H,5-7,10H2,1-4H3,(H,18,20). The number of aromatic nitrogens is 1. The number of anilines is 2. The molecule has 1 aromatic heterocycles. The van der Waals surface area contributed by atoms with Gasteiger partial charge in [0.25, 0.3) is 0 Å². The number of hydrogen-bond acceptors (Lipinski definition) is 4. The molecule has 1 rings (SSSR count). The molecule has 1 aromatic rings. The van der Waals surface area contributed by atoms with E-state index < -0.39 is 0 Å². The van der Waals surface area contributed by atoms with Gasteiger partial charge in [0.2, 0.25) is 5.91 Å². The van der Waals surface area contributed by atoms with E-state index in [1.807, 2.05) is 26.0 Å². The van der Waals surface area contributed by atoms with Crippen LogP contribution in [-0.4, -0.2) is 37.1 Å². The van der Waals surface area contributed by atoms with Crippen molar-refractivity contribution in [1.29, 1.82) is 0 Å². The zero-order chi connectivity index (χ0) is 15.0. The largest absolute Gasteiger partial charge is 0.357 e. The highest BCUT2D eigenvalue weighted by atomic mass is 16.1. The Kier molecular flexibility index (Phi) is 7.01. The Morgan fingerprint density at radius 3 is 2.50 bits per heavy atom. The van der Waals surface area contributed by atoms with E-state index in [0.29, 0.717) is 6.54 Å². The molecule has 0 fully saturated rings. The van der Waals surface area contributed by atoms with Gasteiger partial charge in [0.15, 0.2) is 0 Å². The number of nitrogens with zero attached hydrogens (tertiary/aromatic N) is 2. The first-order valence-corrected chi connectivity index (χ1v) is 7.34. The van der Waals surface area contributed by atoms with Gasteiger partial charge in [-0.1, -0.05) is 13.8 Å². The molecule has 0 aromatic carbocycles. The lowest BCUT2D eigenvalue weighted by Gasteiger charge is -2.20. The number of nitrogens with one attached hydrogen (secondary N) is 2. The van der Waals surface area contributed by atoms with E-state index in [2.05, 4.69) is 34.4 Å². The summed E-state index contributed by atoms with van der Waals surface area (Å²) in [5.41, 5.74) is 0.745. The molecule has 1 atom stereocenters. The van der Waals surface area contributed by atoms with Crippen molar-refractivity contribution < 1.29 is 4.79 Å². The summed E-state index contributed by atoms with van der Waals surface area (Å²) in [6.45, 7) is 11.6. The van der Waals surface area contributed by atoms with Crippen LogP contribution in [0.25, 0.3) is 0 Å². The Morgan fingerprint density at radius 2 is 2.00 bits per heavy atom. The Hall–Kier alpha value is -1.62. The van der Waals surface area contributed by atoms with Gasteiger partial charge in [-0.15, -0.1) is 0 Å². The molecule has 20 heavy (non-hydrogen) atoms. The average molecular weight is 278 g/mol. The van der Waals surface area contributed by atoms with Crippen LogP contribution in [0.1, 0.15) is 27.7 Å². The van der Waals surface area contributed by atoms with Gasteiger partial charge in [-0.05, 0) is 32.5 Å². The van der Waals surface area contributed by atoms with Crippen LogP contribution in [0.3, 0.4) is 0 Å². The van der Waals surface area contributed by atoms with Gasteiger partial charge < -0.3 is 15.5 Å². The number of amides is 1. The second-order valence-electron chi connectivity index (χ2n) is 4.78. The molecular weight excluding hydrogens is 252 g/mol. The summed E-state index contributed by atoms with van der Waals surface area (Å²) < 4.78 is 0. The normalized spacial score (nSPS) is 12.0. The van der Waals surface area contributed by atoms with Gasteiger partial charge in [-0.2, -0.15) is 0 Å². The van der Waals surface area contributed by atoms with Gasteiger partial charge in [0, 0.05) is 25.6 Å². The van der Waals surface area contributed by atoms with Crippen LogP contribution in [0, 0.1) is 5.92 Å². The zero-order valence-electron chi connectivity index (χ0n) is 12.9. The summed E-state index contributed by atoms with van der Waals surface area (Å²) in [4.78, 5) is 18.5. The summed E-state index contributed by atoms with van der Waals surface area (Å²) in [7, 11) is 0. The van der Waals surface area contributed by atoms with Crippen LogP contribution in [-0.2, 0) is 4.79 Å². The van der Waals surface area contributed by atoms with Gasteiger partial charge in [-0.3, -0.25) is 4.79 Å². The molecule has 0 aliphatic carbocycles. The van der Waals surface area contributed by atoms with Crippen LogP contribution in [0.4, 0.5) is 11.5 Å². The fraction of sp³-hybridized carbons (Fsp3) is 0.600. The number of rotatable bonds is 8. The molecule has 0 saturated heterocycles. The third-order valence-electron chi connectivity index (χ3n) is 3.25. The van der Waals surface area contributed by atoms with Crippen LogP contribution >= 0.6 is 0 Å². The third-order valence-corrected chi connectivity index (χ3v) is 3.25. The van der Waals surface area contributed by atoms with Crippen molar-refractivity contribution in [3.05, 3.63) is 18.3 Å². The van der Waals surface area contributed by atoms with Crippen molar-refractivity contribution in [3.8, 4) is 0 Å². The van der Waals surface area contributed by atoms with Crippen LogP contribution < -0.4 is 15.5 Å². The molecule has 0 radical (unpaired) electrons. The van der Waals surface area contributed by atoms with E-state index in [1.165, 1.54) is 0 Å². The number of pyridine rings is 1. The van der Waals surface area contributed by atoms with Crippen molar-refractivity contribution in [1.82, 2.24) is 10.3 Å². The highest BCUT2D eigenvalue weighted by Crippen LogP contribution is 2.14. The lowest BCUT2D eigenvalue weighted by molar-refractivity contribution is -0.119. The monoisotopic (exact) mass is 278 g/mol. The minimum atomic E-state index is -0.0580. The number of carbonyl (C=O) groups is 1. The molecule has 2 N–H and O–H groups in total. The maximum absolute atomic E-state index is 12.0. The molecule has 1 heterocycles. The van der Waals surface area contributed by atoms with Crippen molar-refractivity contribution in [2.24, 2.45) is 5.92 Å². The Bertz CT molecular complexity index is 401. The summed E-state index contributed by atoms with van der Waals surface area (Å²) in [5, 5.41) is 6.06. The zero-order valence-corrected chi connectivity index (χ0v) is 12.9. The number of carbonyl (C=O) groups excluding carboxylic acids is 1. The number of hydrogen-bond donors (Lipinski definition) is 2. The van der Waals surface area contributed by atoms with Crippen molar-refractivity contribution in [2.45, 2.75) is 27.7 Å². The first-order chi connectivity index (χ1) is 9.62. The molecule has 0 bridgehead atoms. The van der Waals surface area contributed by atoms with E-state index in [9.17, 15) is 4.79 Å². The van der Waals surface area contributed by atoms with Gasteiger partial charge >= 0.3 is 0 Å². The smallest absolute Gasteiger partial charge is 0.228 e. The molecule has 5 nitrogen and oxygen atoms in total. The lowest BCUT2D eigenvalue weighted by atomic mass is 10.1.